The number of nitrogen functional groups attached to an aromatic ring is 1. The number of halogens is 1. The van der Waals surface area contributed by atoms with Crippen LogP contribution in [0.15, 0.2) is 23.1 Å². The average Bonchev–Trinajstić information content (AvgIpc) is 2.24. The molecule has 0 radical (unpaired) electrons. The first-order chi connectivity index (χ1) is 9.10. The Morgan fingerprint density at radius 1 is 1.40 bits per heavy atom. The van der Waals surface area contributed by atoms with Crippen molar-refractivity contribution in [3.05, 3.63) is 24.0 Å². The highest BCUT2D eigenvalue weighted by molar-refractivity contribution is 7.89. The van der Waals surface area contributed by atoms with Gasteiger partial charge in [-0.3, -0.25) is 0 Å². The lowest BCUT2D eigenvalue weighted by molar-refractivity contribution is -0.109. The van der Waals surface area contributed by atoms with E-state index in [9.17, 15) is 12.8 Å². The molecular weight excluding hydrogens is 283 g/mol. The van der Waals surface area contributed by atoms with Crippen molar-refractivity contribution < 1.29 is 17.5 Å². The number of hydrogen-bond acceptors (Lipinski definition) is 4. The van der Waals surface area contributed by atoms with Crippen LogP contribution in [0.1, 0.15) is 20.8 Å². The van der Waals surface area contributed by atoms with Crippen LogP contribution in [0.3, 0.4) is 0 Å². The van der Waals surface area contributed by atoms with Gasteiger partial charge in [-0.15, -0.1) is 0 Å². The van der Waals surface area contributed by atoms with Crippen LogP contribution in [0.5, 0.6) is 0 Å². The summed E-state index contributed by atoms with van der Waals surface area (Å²) in [5, 5.41) is 0. The van der Waals surface area contributed by atoms with Gasteiger partial charge in [0.15, 0.2) is 0 Å². The van der Waals surface area contributed by atoms with Crippen LogP contribution in [0, 0.1) is 5.82 Å². The number of ether oxygens (including phenoxy) is 1. The van der Waals surface area contributed by atoms with Crippen LogP contribution in [-0.4, -0.2) is 37.5 Å². The molecule has 1 aromatic rings. The fourth-order valence-corrected chi connectivity index (χ4v) is 4.19. The molecule has 1 saturated heterocycles. The highest BCUT2D eigenvalue weighted by atomic mass is 32.2. The van der Waals surface area contributed by atoms with Gasteiger partial charge >= 0.3 is 0 Å². The maximum Gasteiger partial charge on any atom is 0.243 e. The minimum atomic E-state index is -3.78. The van der Waals surface area contributed by atoms with E-state index >= 15 is 0 Å². The zero-order chi connectivity index (χ0) is 15.1. The lowest BCUT2D eigenvalue weighted by Gasteiger charge is -2.40. The third-order valence-electron chi connectivity index (χ3n) is 3.07. The second-order valence-electron chi connectivity index (χ2n) is 5.71. The molecule has 0 aliphatic carbocycles. The predicted octanol–water partition coefficient (Wildman–Crippen LogP) is 1.60. The van der Waals surface area contributed by atoms with Crippen molar-refractivity contribution in [1.82, 2.24) is 4.31 Å². The van der Waals surface area contributed by atoms with Crippen molar-refractivity contribution in [2.45, 2.75) is 37.4 Å². The summed E-state index contributed by atoms with van der Waals surface area (Å²) < 4.78 is 45.5. The number of morpholine rings is 1. The smallest absolute Gasteiger partial charge is 0.243 e. The van der Waals surface area contributed by atoms with Gasteiger partial charge in [0.05, 0.1) is 16.6 Å². The third-order valence-corrected chi connectivity index (χ3v) is 4.86. The van der Waals surface area contributed by atoms with Crippen molar-refractivity contribution in [2.75, 3.05) is 18.8 Å². The summed E-state index contributed by atoms with van der Waals surface area (Å²) in [7, 11) is -3.78. The van der Waals surface area contributed by atoms with Gasteiger partial charge in [0, 0.05) is 18.8 Å². The summed E-state index contributed by atoms with van der Waals surface area (Å²) in [6, 6.07) is 3.34. The molecule has 1 fully saturated rings. The van der Waals surface area contributed by atoms with E-state index in [1.54, 1.807) is 0 Å². The van der Waals surface area contributed by atoms with Gasteiger partial charge in [0.25, 0.3) is 0 Å². The maximum absolute atomic E-state index is 13.4. The highest BCUT2D eigenvalue weighted by Crippen LogP contribution is 2.27. The third kappa shape index (κ3) is 3.11. The van der Waals surface area contributed by atoms with E-state index in [1.807, 2.05) is 20.8 Å². The van der Waals surface area contributed by atoms with Gasteiger partial charge in [0.1, 0.15) is 5.82 Å². The highest BCUT2D eigenvalue weighted by Gasteiger charge is 2.38. The van der Waals surface area contributed by atoms with Crippen LogP contribution in [0.2, 0.25) is 0 Å². The van der Waals surface area contributed by atoms with Gasteiger partial charge in [-0.1, -0.05) is 0 Å². The molecule has 5 nitrogen and oxygen atoms in total. The van der Waals surface area contributed by atoms with Crippen molar-refractivity contribution >= 4 is 15.7 Å². The van der Waals surface area contributed by atoms with E-state index in [2.05, 4.69) is 0 Å². The van der Waals surface area contributed by atoms with E-state index < -0.39 is 21.4 Å². The van der Waals surface area contributed by atoms with E-state index in [0.717, 1.165) is 12.1 Å². The van der Waals surface area contributed by atoms with Crippen molar-refractivity contribution in [2.24, 2.45) is 0 Å². The fraction of sp³-hybridized carbons (Fsp3) is 0.538. The molecule has 20 heavy (non-hydrogen) atoms. The molecule has 7 heteroatoms. The zero-order valence-corrected chi connectivity index (χ0v) is 12.6. The number of hydrogen-bond donors (Lipinski definition) is 1. The molecule has 0 amide bonds. The van der Waals surface area contributed by atoms with Crippen LogP contribution < -0.4 is 5.73 Å². The summed E-state index contributed by atoms with van der Waals surface area (Å²) in [5.74, 6) is -0.663. The maximum atomic E-state index is 13.4. The first-order valence-corrected chi connectivity index (χ1v) is 7.78. The van der Waals surface area contributed by atoms with Crippen molar-refractivity contribution in [3.63, 3.8) is 0 Å². The molecule has 1 heterocycles. The van der Waals surface area contributed by atoms with E-state index in [4.69, 9.17) is 10.5 Å². The summed E-state index contributed by atoms with van der Waals surface area (Å²) in [6.45, 7) is 5.91. The van der Waals surface area contributed by atoms with Gasteiger partial charge in [-0.2, -0.15) is 4.31 Å². The topological polar surface area (TPSA) is 72.6 Å². The van der Waals surface area contributed by atoms with E-state index in [0.29, 0.717) is 0 Å². The molecule has 1 aromatic carbocycles. The number of rotatable bonds is 2. The Morgan fingerprint density at radius 3 is 2.60 bits per heavy atom. The Hall–Kier alpha value is -1.18. The first-order valence-electron chi connectivity index (χ1n) is 6.34. The Balaban J connectivity index is 2.39. The molecular formula is C13H19FN2O3S. The summed E-state index contributed by atoms with van der Waals surface area (Å²) in [6.07, 6.45) is -0.223. The lowest BCUT2D eigenvalue weighted by Crippen LogP contribution is -2.53. The number of nitrogens with two attached hydrogens (primary N) is 1. The van der Waals surface area contributed by atoms with Crippen molar-refractivity contribution in [1.29, 1.82) is 0 Å². The van der Waals surface area contributed by atoms with Gasteiger partial charge in [0.2, 0.25) is 10.0 Å². The largest absolute Gasteiger partial charge is 0.399 e. The number of sulfonamides is 1. The molecule has 2 rings (SSSR count). The van der Waals surface area contributed by atoms with E-state index in [1.165, 1.54) is 10.4 Å². The SMILES string of the molecule is CC1CN(S(=O)(=O)c2cc(N)cc(F)c2)CC(C)(C)O1. The molecule has 0 bridgehead atoms. The molecule has 1 unspecified atom stereocenters. The molecule has 1 aliphatic rings. The standard InChI is InChI=1S/C13H19FN2O3S/c1-9-7-16(8-13(2,3)19-9)20(17,18)12-5-10(14)4-11(15)6-12/h4-6,9H,7-8,15H2,1-3H3. The van der Waals surface area contributed by atoms with Gasteiger partial charge in [-0.05, 0) is 39.0 Å². The second kappa shape index (κ2) is 4.98. The zero-order valence-electron chi connectivity index (χ0n) is 11.8. The number of anilines is 1. The van der Waals surface area contributed by atoms with E-state index in [-0.39, 0.29) is 29.8 Å². The predicted molar refractivity (Wildman–Crippen MR) is 74.2 cm³/mol. The quantitative estimate of drug-likeness (QED) is 0.842. The summed E-state index contributed by atoms with van der Waals surface area (Å²) in [4.78, 5) is -0.125. The Bertz CT molecular complexity index is 596. The molecule has 112 valence electrons. The summed E-state index contributed by atoms with van der Waals surface area (Å²) >= 11 is 0. The molecule has 0 spiro atoms. The second-order valence-corrected chi connectivity index (χ2v) is 7.64. The Labute approximate surface area is 118 Å². The normalized spacial score (nSPS) is 23.7. The molecule has 1 aliphatic heterocycles. The van der Waals surface area contributed by atoms with Crippen LogP contribution in [0.25, 0.3) is 0 Å². The first kappa shape index (κ1) is 15.2. The molecule has 1 atom stereocenters. The Morgan fingerprint density at radius 2 is 2.05 bits per heavy atom. The molecule has 0 saturated carbocycles. The van der Waals surface area contributed by atoms with Gasteiger partial charge in [-0.25, -0.2) is 12.8 Å². The minimum absolute atomic E-state index is 0.0872. The monoisotopic (exact) mass is 302 g/mol. The fourth-order valence-electron chi connectivity index (χ4n) is 2.46. The average molecular weight is 302 g/mol. The number of nitrogens with zero attached hydrogens (tertiary/aromatic N) is 1. The lowest BCUT2D eigenvalue weighted by atomic mass is 10.1. The van der Waals surface area contributed by atoms with Crippen molar-refractivity contribution in [3.8, 4) is 0 Å². The van der Waals surface area contributed by atoms with Crippen LogP contribution >= 0.6 is 0 Å². The van der Waals surface area contributed by atoms with Gasteiger partial charge < -0.3 is 10.5 Å². The summed E-state index contributed by atoms with van der Waals surface area (Å²) in [5.41, 5.74) is 5.03. The molecule has 2 N–H and O–H groups in total. The van der Waals surface area contributed by atoms with Crippen LogP contribution in [0.4, 0.5) is 10.1 Å². The van der Waals surface area contributed by atoms with Crippen LogP contribution in [-0.2, 0) is 14.8 Å². The number of benzene rings is 1. The molecule has 0 aromatic heterocycles. The minimum Gasteiger partial charge on any atom is -0.399 e. The Kier molecular flexibility index (Phi) is 3.79.